The zero-order valence-electron chi connectivity index (χ0n) is 11.3. The molecule has 0 bridgehead atoms. The molecule has 0 amide bonds. The number of alkyl halides is 3. The highest BCUT2D eigenvalue weighted by atomic mass is 19.4. The maximum atomic E-state index is 12.0. The van der Waals surface area contributed by atoms with Crippen LogP contribution in [-0.2, 0) is 6.42 Å². The van der Waals surface area contributed by atoms with Crippen LogP contribution in [-0.4, -0.2) is 18.8 Å². The lowest BCUT2D eigenvalue weighted by Gasteiger charge is -2.15. The Bertz CT molecular complexity index is 402. The van der Waals surface area contributed by atoms with E-state index < -0.39 is 12.6 Å². The summed E-state index contributed by atoms with van der Waals surface area (Å²) in [6.07, 6.45) is -4.32. The Kier molecular flexibility index (Phi) is 5.66. The molecule has 2 nitrogen and oxygen atoms in total. The zero-order valence-corrected chi connectivity index (χ0v) is 11.3. The second-order valence-electron chi connectivity index (χ2n) is 4.81. The summed E-state index contributed by atoms with van der Waals surface area (Å²) in [4.78, 5) is 0. The molecule has 5 heteroatoms. The van der Waals surface area contributed by atoms with Crippen LogP contribution >= 0.6 is 0 Å². The van der Waals surface area contributed by atoms with Gasteiger partial charge in [-0.25, -0.2) is 0 Å². The average Bonchev–Trinajstić information content (AvgIpc) is 2.25. The molecule has 1 atom stereocenters. The summed E-state index contributed by atoms with van der Waals surface area (Å²) in [5, 5.41) is 0. The predicted molar refractivity (Wildman–Crippen MR) is 69.3 cm³/mol. The van der Waals surface area contributed by atoms with Crippen LogP contribution in [0.4, 0.5) is 13.2 Å². The van der Waals surface area contributed by atoms with Gasteiger partial charge in [0.15, 0.2) is 0 Å². The van der Waals surface area contributed by atoms with Crippen LogP contribution in [0.3, 0.4) is 0 Å². The molecule has 1 rings (SSSR count). The van der Waals surface area contributed by atoms with E-state index in [4.69, 9.17) is 10.5 Å². The first-order chi connectivity index (χ1) is 8.79. The molecule has 1 unspecified atom stereocenters. The van der Waals surface area contributed by atoms with E-state index in [9.17, 15) is 13.2 Å². The fraction of sp³-hybridized carbons (Fsp3) is 0.571. The van der Waals surface area contributed by atoms with Crippen molar-refractivity contribution in [3.05, 3.63) is 29.3 Å². The summed E-state index contributed by atoms with van der Waals surface area (Å²) in [5.74, 6) is 0.668. The van der Waals surface area contributed by atoms with Crippen LogP contribution < -0.4 is 10.5 Å². The summed E-state index contributed by atoms with van der Waals surface area (Å²) >= 11 is 0. The molecule has 0 saturated carbocycles. The molecule has 1 aromatic rings. The van der Waals surface area contributed by atoms with Crippen LogP contribution in [0.5, 0.6) is 5.75 Å². The smallest absolute Gasteiger partial charge is 0.389 e. The van der Waals surface area contributed by atoms with Crippen molar-refractivity contribution < 1.29 is 17.9 Å². The molecule has 0 heterocycles. The third kappa shape index (κ3) is 5.96. The molecular formula is C14H20F3NO. The highest BCUT2D eigenvalue weighted by Crippen LogP contribution is 2.26. The van der Waals surface area contributed by atoms with E-state index in [1.54, 1.807) is 0 Å². The van der Waals surface area contributed by atoms with Gasteiger partial charge in [-0.05, 0) is 37.8 Å². The van der Waals surface area contributed by atoms with Crippen molar-refractivity contribution in [3.63, 3.8) is 0 Å². The number of para-hydroxylation sites is 1. The average molecular weight is 275 g/mol. The van der Waals surface area contributed by atoms with Gasteiger partial charge in [0.05, 0.1) is 6.61 Å². The number of ether oxygens (including phenoxy) is 1. The second kappa shape index (κ2) is 6.80. The SMILES string of the molecule is Cc1cccc(CC(C)N)c1OCCCC(F)(F)F. The molecule has 0 fully saturated rings. The molecule has 0 aliphatic rings. The highest BCUT2D eigenvalue weighted by molar-refractivity contribution is 5.41. The van der Waals surface area contributed by atoms with Gasteiger partial charge in [-0.15, -0.1) is 0 Å². The van der Waals surface area contributed by atoms with E-state index in [0.717, 1.165) is 11.1 Å². The topological polar surface area (TPSA) is 35.2 Å². The molecular weight excluding hydrogens is 255 g/mol. The summed E-state index contributed by atoms with van der Waals surface area (Å²) in [6.45, 7) is 3.83. The molecule has 0 radical (unpaired) electrons. The Morgan fingerprint density at radius 3 is 2.58 bits per heavy atom. The predicted octanol–water partition coefficient (Wildman–Crippen LogP) is 3.61. The van der Waals surface area contributed by atoms with Gasteiger partial charge in [-0.1, -0.05) is 18.2 Å². The largest absolute Gasteiger partial charge is 0.493 e. The van der Waals surface area contributed by atoms with E-state index in [1.807, 2.05) is 32.0 Å². The Hall–Kier alpha value is -1.23. The lowest BCUT2D eigenvalue weighted by molar-refractivity contribution is -0.136. The Morgan fingerprint density at radius 1 is 1.32 bits per heavy atom. The molecule has 0 aromatic heterocycles. The summed E-state index contributed by atoms with van der Waals surface area (Å²) < 4.78 is 41.6. The van der Waals surface area contributed by atoms with Gasteiger partial charge in [0.1, 0.15) is 5.75 Å². The Balaban J connectivity index is 2.61. The quantitative estimate of drug-likeness (QED) is 0.805. The monoisotopic (exact) mass is 275 g/mol. The van der Waals surface area contributed by atoms with Gasteiger partial charge in [-0.2, -0.15) is 13.2 Å². The van der Waals surface area contributed by atoms with Gasteiger partial charge in [0, 0.05) is 12.5 Å². The Morgan fingerprint density at radius 2 is 2.00 bits per heavy atom. The number of aryl methyl sites for hydroxylation is 1. The fourth-order valence-electron chi connectivity index (χ4n) is 1.87. The molecule has 2 N–H and O–H groups in total. The van der Waals surface area contributed by atoms with Gasteiger partial charge < -0.3 is 10.5 Å². The van der Waals surface area contributed by atoms with E-state index >= 15 is 0 Å². The van der Waals surface area contributed by atoms with Crippen molar-refractivity contribution in [3.8, 4) is 5.75 Å². The number of nitrogens with two attached hydrogens (primary N) is 1. The van der Waals surface area contributed by atoms with Crippen LogP contribution in [0.1, 0.15) is 30.9 Å². The van der Waals surface area contributed by atoms with Gasteiger partial charge in [0.25, 0.3) is 0 Å². The van der Waals surface area contributed by atoms with Crippen molar-refractivity contribution in [2.24, 2.45) is 5.73 Å². The van der Waals surface area contributed by atoms with Crippen molar-refractivity contribution in [1.29, 1.82) is 0 Å². The van der Waals surface area contributed by atoms with Crippen molar-refractivity contribution in [2.75, 3.05) is 6.61 Å². The van der Waals surface area contributed by atoms with E-state index in [2.05, 4.69) is 0 Å². The van der Waals surface area contributed by atoms with E-state index in [1.165, 1.54) is 0 Å². The number of rotatable bonds is 6. The molecule has 0 spiro atoms. The number of benzene rings is 1. The standard InChI is InChI=1S/C14H20F3NO/c1-10-5-3-6-12(9-11(2)18)13(10)19-8-4-7-14(15,16)17/h3,5-6,11H,4,7-9,18H2,1-2H3. The molecule has 1 aromatic carbocycles. The first-order valence-electron chi connectivity index (χ1n) is 6.33. The maximum absolute atomic E-state index is 12.0. The van der Waals surface area contributed by atoms with Crippen molar-refractivity contribution >= 4 is 0 Å². The van der Waals surface area contributed by atoms with E-state index in [0.29, 0.717) is 12.2 Å². The molecule has 0 aliphatic carbocycles. The normalized spacial score (nSPS) is 13.4. The molecule has 108 valence electrons. The Labute approximate surface area is 111 Å². The van der Waals surface area contributed by atoms with E-state index in [-0.39, 0.29) is 19.1 Å². The number of hydrogen-bond acceptors (Lipinski definition) is 2. The second-order valence-corrected chi connectivity index (χ2v) is 4.81. The summed E-state index contributed by atoms with van der Waals surface area (Å²) in [6, 6.07) is 5.66. The lowest BCUT2D eigenvalue weighted by Crippen LogP contribution is -2.18. The number of halogens is 3. The van der Waals surface area contributed by atoms with Crippen LogP contribution in [0.25, 0.3) is 0 Å². The van der Waals surface area contributed by atoms with Crippen LogP contribution in [0.15, 0.2) is 18.2 Å². The van der Waals surface area contributed by atoms with Crippen molar-refractivity contribution in [2.45, 2.75) is 45.3 Å². The molecule has 0 saturated heterocycles. The third-order valence-corrected chi connectivity index (χ3v) is 2.69. The minimum atomic E-state index is -4.12. The van der Waals surface area contributed by atoms with Gasteiger partial charge in [0.2, 0.25) is 0 Å². The molecule has 0 aliphatic heterocycles. The molecule has 19 heavy (non-hydrogen) atoms. The lowest BCUT2D eigenvalue weighted by atomic mass is 10.0. The van der Waals surface area contributed by atoms with Crippen LogP contribution in [0, 0.1) is 6.92 Å². The number of hydrogen-bond donors (Lipinski definition) is 1. The van der Waals surface area contributed by atoms with Crippen LogP contribution in [0.2, 0.25) is 0 Å². The zero-order chi connectivity index (χ0) is 14.5. The third-order valence-electron chi connectivity index (χ3n) is 2.69. The first kappa shape index (κ1) is 15.8. The minimum Gasteiger partial charge on any atom is -0.493 e. The fourth-order valence-corrected chi connectivity index (χ4v) is 1.87. The van der Waals surface area contributed by atoms with Crippen molar-refractivity contribution in [1.82, 2.24) is 0 Å². The highest BCUT2D eigenvalue weighted by Gasteiger charge is 2.26. The minimum absolute atomic E-state index is 0.0145. The summed E-state index contributed by atoms with van der Waals surface area (Å²) in [5.41, 5.74) is 7.62. The maximum Gasteiger partial charge on any atom is 0.389 e. The van der Waals surface area contributed by atoms with Gasteiger partial charge >= 0.3 is 6.18 Å². The first-order valence-corrected chi connectivity index (χ1v) is 6.33. The van der Waals surface area contributed by atoms with Gasteiger partial charge in [-0.3, -0.25) is 0 Å². The summed E-state index contributed by atoms with van der Waals surface area (Å²) in [7, 11) is 0.